The Kier molecular flexibility index (Phi) is 5.26. The maximum absolute atomic E-state index is 11.8. The van der Waals surface area contributed by atoms with Gasteiger partial charge in [-0.05, 0) is 25.7 Å². The third-order valence-electron chi connectivity index (χ3n) is 3.79. The van der Waals surface area contributed by atoms with Crippen molar-refractivity contribution < 1.29 is 4.79 Å². The van der Waals surface area contributed by atoms with Gasteiger partial charge in [-0.2, -0.15) is 0 Å². The predicted octanol–water partition coefficient (Wildman–Crippen LogP) is 1.43. The highest BCUT2D eigenvalue weighted by molar-refractivity contribution is 5.78. The average Bonchev–Trinajstić information content (AvgIpc) is 2.39. The van der Waals surface area contributed by atoms with E-state index in [9.17, 15) is 4.79 Å². The SMILES string of the molecule is O=C(CNN1CCCCC1)NC1CCCCC1. The highest BCUT2D eigenvalue weighted by Gasteiger charge is 2.16. The Bertz CT molecular complexity index is 233. The lowest BCUT2D eigenvalue weighted by atomic mass is 9.95. The van der Waals surface area contributed by atoms with E-state index in [1.54, 1.807) is 0 Å². The lowest BCUT2D eigenvalue weighted by molar-refractivity contribution is -0.122. The molecule has 0 bridgehead atoms. The molecule has 0 aromatic rings. The van der Waals surface area contributed by atoms with Gasteiger partial charge in [0.2, 0.25) is 5.91 Å². The van der Waals surface area contributed by atoms with E-state index < -0.39 is 0 Å². The Morgan fingerprint density at radius 3 is 2.35 bits per heavy atom. The van der Waals surface area contributed by atoms with Gasteiger partial charge in [0.25, 0.3) is 0 Å². The number of hydrogen-bond donors (Lipinski definition) is 2. The van der Waals surface area contributed by atoms with E-state index in [-0.39, 0.29) is 5.91 Å². The van der Waals surface area contributed by atoms with Crippen LogP contribution < -0.4 is 10.7 Å². The van der Waals surface area contributed by atoms with E-state index in [1.807, 2.05) is 0 Å². The molecule has 0 aromatic heterocycles. The summed E-state index contributed by atoms with van der Waals surface area (Å²) in [4.78, 5) is 11.8. The summed E-state index contributed by atoms with van der Waals surface area (Å²) in [7, 11) is 0. The van der Waals surface area contributed by atoms with Crippen LogP contribution in [0.25, 0.3) is 0 Å². The number of hydrogen-bond acceptors (Lipinski definition) is 3. The third kappa shape index (κ3) is 4.64. The smallest absolute Gasteiger partial charge is 0.235 e. The molecule has 98 valence electrons. The van der Waals surface area contributed by atoms with Crippen LogP contribution in [0.2, 0.25) is 0 Å². The Morgan fingerprint density at radius 1 is 1.00 bits per heavy atom. The minimum atomic E-state index is 0.155. The molecule has 1 aliphatic heterocycles. The van der Waals surface area contributed by atoms with E-state index in [1.165, 1.54) is 38.5 Å². The minimum absolute atomic E-state index is 0.155. The number of carbonyl (C=O) groups is 1. The number of hydrazine groups is 1. The largest absolute Gasteiger partial charge is 0.352 e. The van der Waals surface area contributed by atoms with Crippen LogP contribution in [-0.2, 0) is 4.79 Å². The van der Waals surface area contributed by atoms with Crippen LogP contribution in [0, 0.1) is 0 Å². The van der Waals surface area contributed by atoms with E-state index in [4.69, 9.17) is 0 Å². The van der Waals surface area contributed by atoms with Crippen molar-refractivity contribution in [2.45, 2.75) is 57.4 Å². The summed E-state index contributed by atoms with van der Waals surface area (Å²) < 4.78 is 0. The summed E-state index contributed by atoms with van der Waals surface area (Å²) in [5.74, 6) is 0.155. The van der Waals surface area contributed by atoms with Crippen LogP contribution in [0.15, 0.2) is 0 Å². The lowest BCUT2D eigenvalue weighted by Gasteiger charge is -2.28. The van der Waals surface area contributed by atoms with E-state index in [2.05, 4.69) is 15.8 Å². The molecule has 0 aromatic carbocycles. The second kappa shape index (κ2) is 6.97. The molecule has 1 aliphatic carbocycles. The van der Waals surface area contributed by atoms with Gasteiger partial charge in [-0.3, -0.25) is 4.79 Å². The number of nitrogens with zero attached hydrogens (tertiary/aromatic N) is 1. The van der Waals surface area contributed by atoms with Gasteiger partial charge < -0.3 is 5.32 Å². The molecule has 0 atom stereocenters. The number of piperidine rings is 1. The highest BCUT2D eigenvalue weighted by atomic mass is 16.2. The molecule has 1 amide bonds. The Balaban J connectivity index is 1.59. The van der Waals surface area contributed by atoms with Crippen molar-refractivity contribution >= 4 is 5.91 Å². The fourth-order valence-corrected chi connectivity index (χ4v) is 2.76. The normalized spacial score (nSPS) is 23.5. The highest BCUT2D eigenvalue weighted by Crippen LogP contribution is 2.17. The van der Waals surface area contributed by atoms with Gasteiger partial charge in [0, 0.05) is 19.1 Å². The maximum atomic E-state index is 11.8. The molecule has 2 fully saturated rings. The fourth-order valence-electron chi connectivity index (χ4n) is 2.76. The molecule has 2 N–H and O–H groups in total. The summed E-state index contributed by atoms with van der Waals surface area (Å²) in [5, 5.41) is 5.31. The molecule has 0 radical (unpaired) electrons. The number of carbonyl (C=O) groups excluding carboxylic acids is 1. The summed E-state index contributed by atoms with van der Waals surface area (Å²) in [6.07, 6.45) is 10.0. The molecule has 4 heteroatoms. The van der Waals surface area contributed by atoms with Crippen molar-refractivity contribution in [3.63, 3.8) is 0 Å². The molecule has 1 heterocycles. The zero-order chi connectivity index (χ0) is 11.9. The van der Waals surface area contributed by atoms with E-state index in [0.29, 0.717) is 12.6 Å². The number of nitrogens with one attached hydrogen (secondary N) is 2. The van der Waals surface area contributed by atoms with Crippen molar-refractivity contribution in [1.29, 1.82) is 0 Å². The van der Waals surface area contributed by atoms with Crippen LogP contribution in [-0.4, -0.2) is 36.6 Å². The molecular weight excluding hydrogens is 214 g/mol. The number of rotatable bonds is 4. The predicted molar refractivity (Wildman–Crippen MR) is 68.4 cm³/mol. The van der Waals surface area contributed by atoms with Gasteiger partial charge in [-0.15, -0.1) is 0 Å². The number of amides is 1. The van der Waals surface area contributed by atoms with Gasteiger partial charge in [0.1, 0.15) is 0 Å². The van der Waals surface area contributed by atoms with Crippen LogP contribution in [0.4, 0.5) is 0 Å². The summed E-state index contributed by atoms with van der Waals surface area (Å²) in [5.41, 5.74) is 3.23. The Labute approximate surface area is 104 Å². The summed E-state index contributed by atoms with van der Waals surface area (Å²) in [6.45, 7) is 2.60. The quantitative estimate of drug-likeness (QED) is 0.780. The van der Waals surface area contributed by atoms with Crippen LogP contribution >= 0.6 is 0 Å². The second-order valence-corrected chi connectivity index (χ2v) is 5.29. The molecule has 1 saturated carbocycles. The van der Waals surface area contributed by atoms with Gasteiger partial charge in [-0.25, -0.2) is 10.4 Å². The first-order chi connectivity index (χ1) is 8.34. The van der Waals surface area contributed by atoms with Crippen LogP contribution in [0.5, 0.6) is 0 Å². The van der Waals surface area contributed by atoms with Crippen molar-refractivity contribution in [1.82, 2.24) is 15.8 Å². The summed E-state index contributed by atoms with van der Waals surface area (Å²) >= 11 is 0. The second-order valence-electron chi connectivity index (χ2n) is 5.29. The first-order valence-electron chi connectivity index (χ1n) is 7.12. The minimum Gasteiger partial charge on any atom is -0.352 e. The molecule has 2 aliphatic rings. The van der Waals surface area contributed by atoms with Gasteiger partial charge in [-0.1, -0.05) is 25.7 Å². The van der Waals surface area contributed by atoms with Crippen molar-refractivity contribution in [2.24, 2.45) is 0 Å². The summed E-state index contributed by atoms with van der Waals surface area (Å²) in [6, 6.07) is 0.430. The zero-order valence-corrected chi connectivity index (χ0v) is 10.7. The standard InChI is InChI=1S/C13H25N3O/c17-13(15-12-7-3-1-4-8-12)11-14-16-9-5-2-6-10-16/h12,14H,1-11H2,(H,15,17). The third-order valence-corrected chi connectivity index (χ3v) is 3.79. The first-order valence-corrected chi connectivity index (χ1v) is 7.12. The van der Waals surface area contributed by atoms with Crippen LogP contribution in [0.1, 0.15) is 51.4 Å². The first kappa shape index (κ1) is 12.8. The Hall–Kier alpha value is -0.610. The van der Waals surface area contributed by atoms with Crippen LogP contribution in [0.3, 0.4) is 0 Å². The molecule has 0 spiro atoms. The molecular formula is C13H25N3O. The Morgan fingerprint density at radius 2 is 1.65 bits per heavy atom. The van der Waals surface area contributed by atoms with E-state index in [0.717, 1.165) is 25.9 Å². The lowest BCUT2D eigenvalue weighted by Crippen LogP contribution is -2.48. The maximum Gasteiger partial charge on any atom is 0.235 e. The monoisotopic (exact) mass is 239 g/mol. The van der Waals surface area contributed by atoms with E-state index >= 15 is 0 Å². The van der Waals surface area contributed by atoms with Crippen molar-refractivity contribution in [3.05, 3.63) is 0 Å². The molecule has 0 unspecified atom stereocenters. The van der Waals surface area contributed by atoms with Gasteiger partial charge in [0.15, 0.2) is 0 Å². The zero-order valence-electron chi connectivity index (χ0n) is 10.7. The van der Waals surface area contributed by atoms with Gasteiger partial charge >= 0.3 is 0 Å². The molecule has 1 saturated heterocycles. The molecule has 2 rings (SSSR count). The fraction of sp³-hybridized carbons (Fsp3) is 0.923. The molecule has 17 heavy (non-hydrogen) atoms. The topological polar surface area (TPSA) is 44.4 Å². The molecule has 4 nitrogen and oxygen atoms in total. The van der Waals surface area contributed by atoms with Gasteiger partial charge in [0.05, 0.1) is 6.54 Å². The van der Waals surface area contributed by atoms with Crippen molar-refractivity contribution in [2.75, 3.05) is 19.6 Å². The van der Waals surface area contributed by atoms with Crippen molar-refractivity contribution in [3.8, 4) is 0 Å². The average molecular weight is 239 g/mol.